The van der Waals surface area contributed by atoms with Gasteiger partial charge in [-0.15, -0.1) is 10.2 Å². The molecule has 9 heteroatoms. The Morgan fingerprint density at radius 1 is 1.12 bits per heavy atom. The molecule has 1 amide bonds. The third-order valence-corrected chi connectivity index (χ3v) is 5.85. The lowest BCUT2D eigenvalue weighted by molar-refractivity contribution is -0.113. The molecule has 0 bridgehead atoms. The molecule has 0 saturated heterocycles. The summed E-state index contributed by atoms with van der Waals surface area (Å²) in [6, 6.07) is 24.0. The molecule has 0 aliphatic rings. The van der Waals surface area contributed by atoms with Gasteiger partial charge in [0.15, 0.2) is 11.0 Å². The van der Waals surface area contributed by atoms with Crippen molar-refractivity contribution in [3.63, 3.8) is 0 Å². The number of halogens is 1. The number of nitriles is 1. The van der Waals surface area contributed by atoms with Crippen molar-refractivity contribution < 1.29 is 9.53 Å². The predicted octanol–water partition coefficient (Wildman–Crippen LogP) is 5.20. The first-order valence-corrected chi connectivity index (χ1v) is 11.2. The van der Waals surface area contributed by atoms with Gasteiger partial charge in [0.05, 0.1) is 24.1 Å². The maximum atomic E-state index is 12.6. The zero-order valence-electron chi connectivity index (χ0n) is 17.5. The Morgan fingerprint density at radius 3 is 2.70 bits per heavy atom. The molecule has 3 aromatic carbocycles. The maximum absolute atomic E-state index is 12.6. The van der Waals surface area contributed by atoms with Crippen LogP contribution in [0.25, 0.3) is 17.1 Å². The van der Waals surface area contributed by atoms with E-state index < -0.39 is 0 Å². The fourth-order valence-corrected chi connectivity index (χ4v) is 4.08. The highest BCUT2D eigenvalue weighted by atomic mass is 35.5. The van der Waals surface area contributed by atoms with E-state index in [0.717, 1.165) is 11.3 Å². The lowest BCUT2D eigenvalue weighted by Crippen LogP contribution is -2.15. The van der Waals surface area contributed by atoms with Crippen molar-refractivity contribution in [2.24, 2.45) is 0 Å². The number of thioether (sulfide) groups is 1. The topological polar surface area (TPSA) is 92.8 Å². The summed E-state index contributed by atoms with van der Waals surface area (Å²) in [5, 5.41) is 21.7. The Labute approximate surface area is 200 Å². The average Bonchev–Trinajstić information content (AvgIpc) is 3.27. The van der Waals surface area contributed by atoms with E-state index in [0.29, 0.717) is 33.0 Å². The molecule has 0 unspecified atom stereocenters. The number of rotatable bonds is 7. The Kier molecular flexibility index (Phi) is 6.93. The van der Waals surface area contributed by atoms with Crippen molar-refractivity contribution in [3.8, 4) is 28.9 Å². The van der Waals surface area contributed by atoms with Crippen LogP contribution in [0, 0.1) is 11.3 Å². The molecule has 0 aliphatic heterocycles. The minimum Gasteiger partial charge on any atom is -0.497 e. The first-order chi connectivity index (χ1) is 16.1. The van der Waals surface area contributed by atoms with Gasteiger partial charge in [0.1, 0.15) is 11.8 Å². The van der Waals surface area contributed by atoms with Crippen molar-refractivity contribution in [1.29, 1.82) is 5.26 Å². The summed E-state index contributed by atoms with van der Waals surface area (Å²) in [5.41, 5.74) is 2.41. The fourth-order valence-electron chi connectivity index (χ4n) is 3.16. The maximum Gasteiger partial charge on any atom is 0.234 e. The summed E-state index contributed by atoms with van der Waals surface area (Å²) >= 11 is 7.25. The Morgan fingerprint density at radius 2 is 1.94 bits per heavy atom. The van der Waals surface area contributed by atoms with Gasteiger partial charge in [-0.3, -0.25) is 9.36 Å². The second-order valence-electron chi connectivity index (χ2n) is 6.85. The lowest BCUT2D eigenvalue weighted by Gasteiger charge is -2.11. The summed E-state index contributed by atoms with van der Waals surface area (Å²) in [7, 11) is 1.61. The van der Waals surface area contributed by atoms with Gasteiger partial charge in [0.2, 0.25) is 5.91 Å². The first kappa shape index (κ1) is 22.4. The Hall–Kier alpha value is -3.80. The van der Waals surface area contributed by atoms with E-state index in [4.69, 9.17) is 16.3 Å². The summed E-state index contributed by atoms with van der Waals surface area (Å²) in [5.74, 6) is 1.12. The highest BCUT2D eigenvalue weighted by molar-refractivity contribution is 7.99. The molecular formula is C24H18ClN5O2S. The summed E-state index contributed by atoms with van der Waals surface area (Å²) in [6.07, 6.45) is 0. The van der Waals surface area contributed by atoms with Gasteiger partial charge in [0, 0.05) is 16.3 Å². The van der Waals surface area contributed by atoms with E-state index in [-0.39, 0.29) is 11.7 Å². The Bertz CT molecular complexity index is 1330. The molecule has 4 rings (SSSR count). The number of methoxy groups -OCH3 is 1. The molecule has 7 nitrogen and oxygen atoms in total. The normalized spacial score (nSPS) is 10.5. The minimum absolute atomic E-state index is 0.0699. The molecule has 0 aliphatic carbocycles. The number of anilines is 1. The van der Waals surface area contributed by atoms with Crippen LogP contribution in [0.1, 0.15) is 5.56 Å². The molecule has 1 N–H and O–H groups in total. The smallest absolute Gasteiger partial charge is 0.234 e. The molecule has 0 saturated carbocycles. The Balaban J connectivity index is 1.61. The molecule has 0 fully saturated rings. The predicted molar refractivity (Wildman–Crippen MR) is 129 cm³/mol. The van der Waals surface area contributed by atoms with Gasteiger partial charge in [-0.2, -0.15) is 5.26 Å². The van der Waals surface area contributed by atoms with Crippen LogP contribution in [0.5, 0.6) is 5.75 Å². The quantitative estimate of drug-likeness (QED) is 0.369. The lowest BCUT2D eigenvalue weighted by atomic mass is 10.2. The van der Waals surface area contributed by atoms with Crippen LogP contribution in [-0.4, -0.2) is 33.5 Å². The van der Waals surface area contributed by atoms with E-state index in [9.17, 15) is 10.1 Å². The van der Waals surface area contributed by atoms with Gasteiger partial charge in [0.25, 0.3) is 0 Å². The van der Waals surface area contributed by atoms with Crippen LogP contribution in [0.2, 0.25) is 5.02 Å². The van der Waals surface area contributed by atoms with Gasteiger partial charge in [-0.25, -0.2) is 0 Å². The molecule has 33 heavy (non-hydrogen) atoms. The van der Waals surface area contributed by atoms with Crippen molar-refractivity contribution in [2.45, 2.75) is 5.16 Å². The highest BCUT2D eigenvalue weighted by Gasteiger charge is 2.18. The third kappa shape index (κ3) is 5.17. The zero-order chi connectivity index (χ0) is 23.2. The molecule has 0 spiro atoms. The number of benzene rings is 3. The number of nitrogens with one attached hydrogen (secondary N) is 1. The van der Waals surface area contributed by atoms with Crippen LogP contribution >= 0.6 is 23.4 Å². The minimum atomic E-state index is -0.288. The van der Waals surface area contributed by atoms with Crippen LogP contribution < -0.4 is 10.1 Å². The largest absolute Gasteiger partial charge is 0.497 e. The number of aromatic nitrogens is 3. The number of ether oxygens (including phenoxy) is 1. The third-order valence-electron chi connectivity index (χ3n) is 4.68. The van der Waals surface area contributed by atoms with Crippen molar-refractivity contribution >= 4 is 35.0 Å². The second-order valence-corrected chi connectivity index (χ2v) is 8.23. The fraction of sp³-hybridized carbons (Fsp3) is 0.0833. The highest BCUT2D eigenvalue weighted by Crippen LogP contribution is 2.30. The average molecular weight is 476 g/mol. The molecule has 0 atom stereocenters. The molecule has 1 aromatic heterocycles. The van der Waals surface area contributed by atoms with Crippen LogP contribution in [0.4, 0.5) is 5.69 Å². The standard InChI is InChI=1S/C24H18ClN5O2S/c1-32-20-9-5-6-16(12-20)23-28-29-24(30(23)19-7-3-2-4-8-19)33-15-22(31)27-21-13-18(25)11-10-17(21)14-26/h2-13H,15H2,1H3,(H,27,31). The second kappa shape index (κ2) is 10.2. The molecule has 0 radical (unpaired) electrons. The van der Waals surface area contributed by atoms with Gasteiger partial charge < -0.3 is 10.1 Å². The van der Waals surface area contributed by atoms with Gasteiger partial charge >= 0.3 is 0 Å². The number of hydrogen-bond acceptors (Lipinski definition) is 6. The van der Waals surface area contributed by atoms with Crippen LogP contribution in [0.15, 0.2) is 78.0 Å². The number of para-hydroxylation sites is 1. The zero-order valence-corrected chi connectivity index (χ0v) is 19.1. The van der Waals surface area contributed by atoms with Crippen LogP contribution in [-0.2, 0) is 4.79 Å². The summed E-state index contributed by atoms with van der Waals surface area (Å²) < 4.78 is 7.24. The molecular weight excluding hydrogens is 458 g/mol. The summed E-state index contributed by atoms with van der Waals surface area (Å²) in [4.78, 5) is 12.6. The van der Waals surface area contributed by atoms with Crippen molar-refractivity contribution in [2.75, 3.05) is 18.2 Å². The van der Waals surface area contributed by atoms with E-state index in [1.54, 1.807) is 25.3 Å². The molecule has 1 heterocycles. The van der Waals surface area contributed by atoms with Crippen LogP contribution in [0.3, 0.4) is 0 Å². The van der Waals surface area contributed by atoms with Gasteiger partial charge in [-0.05, 0) is 42.5 Å². The molecule has 4 aromatic rings. The summed E-state index contributed by atoms with van der Waals surface area (Å²) in [6.45, 7) is 0. The van der Waals surface area contributed by atoms with E-state index in [2.05, 4.69) is 15.5 Å². The van der Waals surface area contributed by atoms with E-state index in [1.165, 1.54) is 11.8 Å². The first-order valence-electron chi connectivity index (χ1n) is 9.86. The van der Waals surface area contributed by atoms with Gasteiger partial charge in [-0.1, -0.05) is 53.7 Å². The van der Waals surface area contributed by atoms with E-state index in [1.807, 2.05) is 65.2 Å². The monoisotopic (exact) mass is 475 g/mol. The van der Waals surface area contributed by atoms with E-state index >= 15 is 0 Å². The SMILES string of the molecule is COc1cccc(-c2nnc(SCC(=O)Nc3cc(Cl)ccc3C#N)n2-c2ccccc2)c1. The number of carbonyl (C=O) groups excluding carboxylic acids is 1. The number of hydrogen-bond donors (Lipinski definition) is 1. The number of carbonyl (C=O) groups is 1. The van der Waals surface area contributed by atoms with Crippen molar-refractivity contribution in [3.05, 3.63) is 83.4 Å². The molecule has 164 valence electrons. The number of amides is 1. The van der Waals surface area contributed by atoms with Crippen molar-refractivity contribution in [1.82, 2.24) is 14.8 Å². The number of nitrogens with zero attached hydrogens (tertiary/aromatic N) is 4.